The summed E-state index contributed by atoms with van der Waals surface area (Å²) in [6.45, 7) is 2.00. The Morgan fingerprint density at radius 3 is 2.62 bits per heavy atom. The maximum absolute atomic E-state index is 11.4. The van der Waals surface area contributed by atoms with Crippen LogP contribution in [0.4, 0.5) is 5.82 Å². The molecule has 1 aromatic carbocycles. The number of aliphatic carboxylic acids is 1. The van der Waals surface area contributed by atoms with E-state index in [1.54, 1.807) is 18.2 Å². The Labute approximate surface area is 139 Å². The molecule has 4 N–H and O–H groups in total. The van der Waals surface area contributed by atoms with Crippen LogP contribution in [0.25, 0.3) is 0 Å². The summed E-state index contributed by atoms with van der Waals surface area (Å²) in [4.78, 5) is 28.6. The molecule has 0 fully saturated rings. The molecule has 0 radical (unpaired) electrons. The number of hydrogen-bond acceptors (Lipinski definition) is 7. The lowest BCUT2D eigenvalue weighted by Crippen LogP contribution is -2.06. The van der Waals surface area contributed by atoms with Crippen molar-refractivity contribution in [2.24, 2.45) is 5.73 Å². The van der Waals surface area contributed by atoms with E-state index in [0.29, 0.717) is 24.5 Å². The van der Waals surface area contributed by atoms with Gasteiger partial charge in [-0.25, -0.2) is 14.8 Å². The monoisotopic (exact) mass is 332 g/mol. The molecule has 128 valence electrons. The minimum atomic E-state index is -0.833. The third-order valence-electron chi connectivity index (χ3n) is 2.75. The predicted octanol–water partition coefficient (Wildman–Crippen LogP) is 1.42. The summed E-state index contributed by atoms with van der Waals surface area (Å²) in [5.41, 5.74) is 7.78. The van der Waals surface area contributed by atoms with Gasteiger partial charge in [-0.05, 0) is 17.7 Å². The summed E-state index contributed by atoms with van der Waals surface area (Å²) in [7, 11) is 1.36. The zero-order valence-corrected chi connectivity index (χ0v) is 13.5. The fourth-order valence-electron chi connectivity index (χ4n) is 1.72. The third kappa shape index (κ3) is 6.84. The van der Waals surface area contributed by atoms with Gasteiger partial charge >= 0.3 is 5.97 Å². The zero-order valence-electron chi connectivity index (χ0n) is 13.5. The number of aromatic nitrogens is 2. The van der Waals surface area contributed by atoms with Crippen molar-refractivity contribution in [2.45, 2.75) is 20.0 Å². The van der Waals surface area contributed by atoms with E-state index in [0.717, 1.165) is 18.2 Å². The summed E-state index contributed by atoms with van der Waals surface area (Å²) in [6.07, 6.45) is 1.47. The summed E-state index contributed by atoms with van der Waals surface area (Å²) < 4.78 is 4.69. The first-order chi connectivity index (χ1) is 11.5. The highest BCUT2D eigenvalue weighted by Gasteiger charge is 2.05. The van der Waals surface area contributed by atoms with Crippen molar-refractivity contribution in [3.63, 3.8) is 0 Å². The number of nitrogens with one attached hydrogen (secondary N) is 1. The van der Waals surface area contributed by atoms with Gasteiger partial charge in [0.05, 0.1) is 18.4 Å². The number of ether oxygens (including phenoxy) is 1. The van der Waals surface area contributed by atoms with Gasteiger partial charge in [0.1, 0.15) is 12.1 Å². The highest BCUT2D eigenvalue weighted by Crippen LogP contribution is 2.10. The number of esters is 1. The lowest BCUT2D eigenvalue weighted by atomic mass is 10.1. The molecule has 0 bridgehead atoms. The number of methoxy groups -OCH3 is 1. The number of hydrogen-bond donors (Lipinski definition) is 3. The Kier molecular flexibility index (Phi) is 7.86. The molecule has 8 heteroatoms. The third-order valence-corrected chi connectivity index (χ3v) is 2.75. The normalized spacial score (nSPS) is 9.46. The fraction of sp³-hybridized carbons (Fsp3) is 0.250. The van der Waals surface area contributed by atoms with Crippen molar-refractivity contribution in [2.75, 3.05) is 12.4 Å². The van der Waals surface area contributed by atoms with E-state index in [4.69, 9.17) is 20.4 Å². The number of carboxylic acids is 1. The molecule has 0 aliphatic rings. The standard InChI is InChI=1S/C14H16N4O2.C2H4O2/c1-20-14(19)11-4-2-3-10(5-11)8-16-13-6-12(7-15)17-9-18-13;1-2(3)4/h2-6,9H,7-8,15H2,1H3,(H,16,17,18);1H3,(H,3,4). The molecule has 0 unspecified atom stereocenters. The van der Waals surface area contributed by atoms with Crippen LogP contribution in [0.1, 0.15) is 28.5 Å². The van der Waals surface area contributed by atoms with Gasteiger partial charge < -0.3 is 20.9 Å². The first-order valence-corrected chi connectivity index (χ1v) is 7.08. The van der Waals surface area contributed by atoms with Gasteiger partial charge in [0.25, 0.3) is 5.97 Å². The summed E-state index contributed by atoms with van der Waals surface area (Å²) in [6, 6.07) is 9.03. The summed E-state index contributed by atoms with van der Waals surface area (Å²) in [5, 5.41) is 10.6. The minimum absolute atomic E-state index is 0.348. The first kappa shape index (κ1) is 19.0. The number of rotatable bonds is 5. The number of carboxylic acid groups (broad SMARTS) is 1. The fourth-order valence-corrected chi connectivity index (χ4v) is 1.72. The van der Waals surface area contributed by atoms with Gasteiger partial charge in [-0.15, -0.1) is 0 Å². The molecule has 0 amide bonds. The van der Waals surface area contributed by atoms with Crippen LogP contribution in [-0.2, 0) is 22.6 Å². The van der Waals surface area contributed by atoms with E-state index in [9.17, 15) is 4.79 Å². The number of carbonyl (C=O) groups is 2. The summed E-state index contributed by atoms with van der Waals surface area (Å²) >= 11 is 0. The van der Waals surface area contributed by atoms with Gasteiger partial charge in [-0.3, -0.25) is 4.79 Å². The number of carbonyl (C=O) groups excluding carboxylic acids is 1. The highest BCUT2D eigenvalue weighted by molar-refractivity contribution is 5.89. The van der Waals surface area contributed by atoms with Gasteiger partial charge in [0, 0.05) is 26.1 Å². The minimum Gasteiger partial charge on any atom is -0.481 e. The molecule has 0 spiro atoms. The summed E-state index contributed by atoms with van der Waals surface area (Å²) in [5.74, 6) is -0.483. The molecule has 0 saturated heterocycles. The first-order valence-electron chi connectivity index (χ1n) is 7.08. The zero-order chi connectivity index (χ0) is 17.9. The van der Waals surface area contributed by atoms with E-state index in [1.165, 1.54) is 13.4 Å². The van der Waals surface area contributed by atoms with Crippen LogP contribution in [0.2, 0.25) is 0 Å². The quantitative estimate of drug-likeness (QED) is 0.702. The molecule has 0 aliphatic heterocycles. The maximum atomic E-state index is 11.4. The van der Waals surface area contributed by atoms with Crippen LogP contribution in [0.15, 0.2) is 36.7 Å². The van der Waals surface area contributed by atoms with Gasteiger partial charge in [0.15, 0.2) is 0 Å². The second-order valence-corrected chi connectivity index (χ2v) is 4.66. The van der Waals surface area contributed by atoms with Crippen molar-refractivity contribution >= 4 is 17.8 Å². The molecule has 8 nitrogen and oxygen atoms in total. The van der Waals surface area contributed by atoms with Crippen molar-refractivity contribution < 1.29 is 19.4 Å². The number of nitrogens with zero attached hydrogens (tertiary/aromatic N) is 2. The van der Waals surface area contributed by atoms with Crippen LogP contribution < -0.4 is 11.1 Å². The topological polar surface area (TPSA) is 127 Å². The Morgan fingerprint density at radius 1 is 1.29 bits per heavy atom. The van der Waals surface area contributed by atoms with E-state index >= 15 is 0 Å². The molecule has 2 rings (SSSR count). The molecule has 24 heavy (non-hydrogen) atoms. The largest absolute Gasteiger partial charge is 0.481 e. The van der Waals surface area contributed by atoms with Crippen molar-refractivity contribution in [1.29, 1.82) is 0 Å². The Balaban J connectivity index is 0.000000648. The lowest BCUT2D eigenvalue weighted by Gasteiger charge is -2.07. The highest BCUT2D eigenvalue weighted by atomic mass is 16.5. The average Bonchev–Trinajstić information content (AvgIpc) is 2.59. The Bertz CT molecular complexity index is 687. The van der Waals surface area contributed by atoms with E-state index in [-0.39, 0.29) is 5.97 Å². The van der Waals surface area contributed by atoms with E-state index < -0.39 is 5.97 Å². The van der Waals surface area contributed by atoms with Crippen molar-refractivity contribution in [3.8, 4) is 0 Å². The van der Waals surface area contributed by atoms with Crippen LogP contribution in [0, 0.1) is 0 Å². The maximum Gasteiger partial charge on any atom is 0.337 e. The molecule has 2 aromatic rings. The number of nitrogens with two attached hydrogens (primary N) is 1. The SMILES string of the molecule is CC(=O)O.COC(=O)c1cccc(CNc2cc(CN)ncn2)c1. The lowest BCUT2D eigenvalue weighted by molar-refractivity contribution is -0.134. The van der Waals surface area contributed by atoms with E-state index in [1.807, 2.05) is 12.1 Å². The molecule has 1 heterocycles. The predicted molar refractivity (Wildman–Crippen MR) is 88.3 cm³/mol. The van der Waals surface area contributed by atoms with Crippen LogP contribution in [0.3, 0.4) is 0 Å². The second kappa shape index (κ2) is 9.90. The molecule has 0 aliphatic carbocycles. The van der Waals surface area contributed by atoms with Gasteiger partial charge in [-0.1, -0.05) is 12.1 Å². The Morgan fingerprint density at radius 2 is 2.00 bits per heavy atom. The number of benzene rings is 1. The van der Waals surface area contributed by atoms with Crippen molar-refractivity contribution in [1.82, 2.24) is 9.97 Å². The Hall–Kier alpha value is -3.00. The van der Waals surface area contributed by atoms with Gasteiger partial charge in [0.2, 0.25) is 0 Å². The molecule has 0 atom stereocenters. The second-order valence-electron chi connectivity index (χ2n) is 4.66. The molecular weight excluding hydrogens is 312 g/mol. The van der Waals surface area contributed by atoms with Crippen molar-refractivity contribution in [3.05, 3.63) is 53.5 Å². The van der Waals surface area contributed by atoms with E-state index in [2.05, 4.69) is 15.3 Å². The van der Waals surface area contributed by atoms with Crippen LogP contribution >= 0.6 is 0 Å². The van der Waals surface area contributed by atoms with Crippen LogP contribution in [0.5, 0.6) is 0 Å². The van der Waals surface area contributed by atoms with Crippen LogP contribution in [-0.4, -0.2) is 34.1 Å². The smallest absolute Gasteiger partial charge is 0.337 e. The number of anilines is 1. The average molecular weight is 332 g/mol. The van der Waals surface area contributed by atoms with Gasteiger partial charge in [-0.2, -0.15) is 0 Å². The molecule has 0 saturated carbocycles. The molecular formula is C16H20N4O4. The molecule has 1 aromatic heterocycles.